The molecular formula is C14H13O. The molecule has 0 fully saturated rings. The second kappa shape index (κ2) is 3.77. The lowest BCUT2D eigenvalue weighted by molar-refractivity contribution is 0.353. The van der Waals surface area contributed by atoms with E-state index in [1.807, 2.05) is 56.3 Å². The Kier molecular flexibility index (Phi) is 2.46. The highest BCUT2D eigenvalue weighted by Crippen LogP contribution is 2.33. The Labute approximate surface area is 90.0 Å². The minimum atomic E-state index is 0.131. The summed E-state index contributed by atoms with van der Waals surface area (Å²) in [5.41, 5.74) is 3.77. The Hall–Kier alpha value is -1.76. The zero-order valence-electron chi connectivity index (χ0n) is 8.95. The molecule has 0 spiro atoms. The van der Waals surface area contributed by atoms with Crippen molar-refractivity contribution >= 4 is 0 Å². The molecule has 0 aliphatic heterocycles. The summed E-state index contributed by atoms with van der Waals surface area (Å²) in [4.78, 5) is 0. The van der Waals surface area contributed by atoms with E-state index in [9.17, 15) is 5.11 Å². The number of para-hydroxylation sites is 1. The van der Waals surface area contributed by atoms with Crippen molar-refractivity contribution in [3.05, 3.63) is 53.6 Å². The fourth-order valence-electron chi connectivity index (χ4n) is 1.74. The lowest BCUT2D eigenvalue weighted by atomic mass is 9.98. The van der Waals surface area contributed by atoms with Gasteiger partial charge in [0.15, 0.2) is 5.75 Å². The highest BCUT2D eigenvalue weighted by molar-refractivity contribution is 5.74. The summed E-state index contributed by atoms with van der Waals surface area (Å²) in [5.74, 6) is 0.131. The first-order valence-electron chi connectivity index (χ1n) is 5.03. The smallest absolute Gasteiger partial charge is 0.189 e. The molecule has 1 radical (unpaired) electrons. The minimum Gasteiger partial charge on any atom is -0.289 e. The maximum Gasteiger partial charge on any atom is 0.189 e. The van der Waals surface area contributed by atoms with E-state index in [1.54, 1.807) is 0 Å². The summed E-state index contributed by atoms with van der Waals surface area (Å²) < 4.78 is 0. The average Bonchev–Trinajstić information content (AvgIpc) is 2.23. The van der Waals surface area contributed by atoms with Crippen LogP contribution in [0, 0.1) is 13.8 Å². The van der Waals surface area contributed by atoms with Gasteiger partial charge in [-0.15, -0.1) is 0 Å². The van der Waals surface area contributed by atoms with Crippen molar-refractivity contribution in [2.45, 2.75) is 13.8 Å². The van der Waals surface area contributed by atoms with Gasteiger partial charge in [0, 0.05) is 5.56 Å². The van der Waals surface area contributed by atoms with Gasteiger partial charge in [0.25, 0.3) is 0 Å². The van der Waals surface area contributed by atoms with E-state index in [-0.39, 0.29) is 5.75 Å². The van der Waals surface area contributed by atoms with Crippen LogP contribution in [0.5, 0.6) is 5.75 Å². The molecule has 15 heavy (non-hydrogen) atoms. The van der Waals surface area contributed by atoms with Gasteiger partial charge in [0.05, 0.1) is 0 Å². The molecule has 2 aromatic carbocycles. The highest BCUT2D eigenvalue weighted by atomic mass is 16.3. The second-order valence-electron chi connectivity index (χ2n) is 3.77. The Morgan fingerprint density at radius 3 is 2.07 bits per heavy atom. The fraction of sp³-hybridized carbons (Fsp3) is 0.143. The summed E-state index contributed by atoms with van der Waals surface area (Å²) in [6, 6.07) is 13.6. The summed E-state index contributed by atoms with van der Waals surface area (Å²) >= 11 is 0. The molecule has 0 N–H and O–H groups in total. The molecule has 0 heterocycles. The van der Waals surface area contributed by atoms with Crippen LogP contribution in [0.3, 0.4) is 0 Å². The molecule has 0 saturated heterocycles. The maximum absolute atomic E-state index is 11.9. The maximum atomic E-state index is 11.9. The van der Waals surface area contributed by atoms with Crippen molar-refractivity contribution in [3.63, 3.8) is 0 Å². The van der Waals surface area contributed by atoms with Gasteiger partial charge in [0.1, 0.15) is 0 Å². The van der Waals surface area contributed by atoms with Crippen LogP contribution in [0.15, 0.2) is 42.5 Å². The van der Waals surface area contributed by atoms with Crippen LogP contribution < -0.4 is 0 Å². The predicted octanol–water partition coefficient (Wildman–Crippen LogP) is 4.11. The molecule has 2 aromatic rings. The quantitative estimate of drug-likeness (QED) is 0.655. The average molecular weight is 197 g/mol. The van der Waals surface area contributed by atoms with Crippen molar-refractivity contribution in [2.24, 2.45) is 0 Å². The van der Waals surface area contributed by atoms with E-state index in [0.29, 0.717) is 0 Å². The molecule has 0 atom stereocenters. The molecule has 1 heteroatoms. The van der Waals surface area contributed by atoms with E-state index >= 15 is 0 Å². The van der Waals surface area contributed by atoms with Crippen LogP contribution in [0.25, 0.3) is 11.1 Å². The SMILES string of the molecule is Cc1ccccc1-c1cccc(C)c1[O]. The lowest BCUT2D eigenvalue weighted by Crippen LogP contribution is -1.84. The molecule has 75 valence electrons. The topological polar surface area (TPSA) is 19.9 Å². The minimum absolute atomic E-state index is 0.131. The van der Waals surface area contributed by atoms with Crippen molar-refractivity contribution in [1.29, 1.82) is 0 Å². The van der Waals surface area contributed by atoms with Crippen LogP contribution in [0.1, 0.15) is 11.1 Å². The molecule has 0 aliphatic rings. The lowest BCUT2D eigenvalue weighted by Gasteiger charge is -2.07. The van der Waals surface area contributed by atoms with Gasteiger partial charge in [-0.2, -0.15) is 0 Å². The van der Waals surface area contributed by atoms with Crippen LogP contribution in [0.4, 0.5) is 0 Å². The molecule has 2 rings (SSSR count). The van der Waals surface area contributed by atoms with Gasteiger partial charge in [0.2, 0.25) is 0 Å². The molecule has 0 aromatic heterocycles. The molecule has 1 nitrogen and oxygen atoms in total. The first-order chi connectivity index (χ1) is 7.20. The van der Waals surface area contributed by atoms with Crippen LogP contribution in [-0.4, -0.2) is 0 Å². The van der Waals surface area contributed by atoms with Crippen LogP contribution in [0.2, 0.25) is 0 Å². The monoisotopic (exact) mass is 197 g/mol. The predicted molar refractivity (Wildman–Crippen MR) is 61.5 cm³/mol. The number of hydrogen-bond acceptors (Lipinski definition) is 0. The van der Waals surface area contributed by atoms with Gasteiger partial charge >= 0.3 is 0 Å². The van der Waals surface area contributed by atoms with Gasteiger partial charge in [-0.1, -0.05) is 42.5 Å². The second-order valence-corrected chi connectivity index (χ2v) is 3.77. The Bertz CT molecular complexity index is 486. The van der Waals surface area contributed by atoms with Crippen molar-refractivity contribution in [2.75, 3.05) is 0 Å². The van der Waals surface area contributed by atoms with E-state index < -0.39 is 0 Å². The number of hydrogen-bond donors (Lipinski definition) is 0. The van der Waals surface area contributed by atoms with E-state index in [1.165, 1.54) is 0 Å². The first kappa shape index (κ1) is 9.78. The van der Waals surface area contributed by atoms with Crippen LogP contribution >= 0.6 is 0 Å². The molecule has 0 aliphatic carbocycles. The summed E-state index contributed by atoms with van der Waals surface area (Å²) in [7, 11) is 0. The number of rotatable bonds is 1. The zero-order valence-corrected chi connectivity index (χ0v) is 8.95. The molecule has 0 bridgehead atoms. The fourth-order valence-corrected chi connectivity index (χ4v) is 1.74. The van der Waals surface area contributed by atoms with Crippen molar-refractivity contribution < 1.29 is 5.11 Å². The van der Waals surface area contributed by atoms with E-state index in [4.69, 9.17) is 0 Å². The Balaban J connectivity index is 2.65. The molecule has 0 saturated carbocycles. The third-order valence-corrected chi connectivity index (χ3v) is 2.65. The van der Waals surface area contributed by atoms with E-state index in [2.05, 4.69) is 0 Å². The molecule has 0 amide bonds. The molecular weight excluding hydrogens is 184 g/mol. The van der Waals surface area contributed by atoms with E-state index in [0.717, 1.165) is 22.3 Å². The van der Waals surface area contributed by atoms with Gasteiger partial charge in [-0.05, 0) is 30.5 Å². The third-order valence-electron chi connectivity index (χ3n) is 2.65. The number of benzene rings is 2. The normalized spacial score (nSPS) is 10.3. The summed E-state index contributed by atoms with van der Waals surface area (Å²) in [6.07, 6.45) is 0. The highest BCUT2D eigenvalue weighted by Gasteiger charge is 2.09. The van der Waals surface area contributed by atoms with Gasteiger partial charge < -0.3 is 0 Å². The zero-order chi connectivity index (χ0) is 10.8. The Morgan fingerprint density at radius 2 is 1.33 bits per heavy atom. The summed E-state index contributed by atoms with van der Waals surface area (Å²) in [5, 5.41) is 11.9. The van der Waals surface area contributed by atoms with Crippen molar-refractivity contribution in [1.82, 2.24) is 0 Å². The largest absolute Gasteiger partial charge is 0.289 e. The van der Waals surface area contributed by atoms with Gasteiger partial charge in [-0.3, -0.25) is 5.11 Å². The Morgan fingerprint density at radius 1 is 0.733 bits per heavy atom. The number of aryl methyl sites for hydroxylation is 2. The van der Waals surface area contributed by atoms with Crippen molar-refractivity contribution in [3.8, 4) is 16.9 Å². The van der Waals surface area contributed by atoms with Crippen LogP contribution in [-0.2, 0) is 5.11 Å². The standard InChI is InChI=1S/C14H13O/c1-10-6-3-4-8-12(10)13-9-5-7-11(2)14(13)15/h3-9H,1-2H3. The first-order valence-corrected chi connectivity index (χ1v) is 5.03. The van der Waals surface area contributed by atoms with Gasteiger partial charge in [-0.25, -0.2) is 0 Å². The third kappa shape index (κ3) is 1.73. The molecule has 0 unspecified atom stereocenters. The summed E-state index contributed by atoms with van der Waals surface area (Å²) in [6.45, 7) is 3.88.